The van der Waals surface area contributed by atoms with E-state index in [0.717, 1.165) is 24.0 Å². The van der Waals surface area contributed by atoms with Gasteiger partial charge in [-0.15, -0.1) is 0 Å². The average Bonchev–Trinajstić information content (AvgIpc) is 2.92. The van der Waals surface area contributed by atoms with Gasteiger partial charge < -0.3 is 15.7 Å². The predicted molar refractivity (Wildman–Crippen MR) is 156 cm³/mol. The Hall–Kier alpha value is -3.81. The molecule has 202 valence electrons. The Morgan fingerprint density at radius 2 is 1.62 bits per heavy atom. The molecule has 0 saturated heterocycles. The Bertz CT molecular complexity index is 1370. The van der Waals surface area contributed by atoms with E-state index in [1.165, 1.54) is 25.3 Å². The van der Waals surface area contributed by atoms with Crippen molar-refractivity contribution in [3.05, 3.63) is 99.5 Å². The molecule has 0 bridgehead atoms. The third-order valence-corrected chi connectivity index (χ3v) is 6.91. The third kappa shape index (κ3) is 7.62. The quantitative estimate of drug-likeness (QED) is 0.265. The van der Waals surface area contributed by atoms with Crippen molar-refractivity contribution >= 4 is 58.1 Å². The smallest absolute Gasteiger partial charge is 0.326 e. The minimum Gasteiger partial charge on any atom is -0.480 e. The van der Waals surface area contributed by atoms with Crippen molar-refractivity contribution in [1.82, 2.24) is 5.32 Å². The van der Waals surface area contributed by atoms with Gasteiger partial charge in [-0.25, -0.2) is 4.79 Å². The minimum atomic E-state index is -1.12. The number of anilines is 2. The summed E-state index contributed by atoms with van der Waals surface area (Å²) in [5, 5.41) is 15.1. The maximum absolute atomic E-state index is 13.5. The molecule has 0 aliphatic heterocycles. The van der Waals surface area contributed by atoms with Crippen molar-refractivity contribution in [3.8, 4) is 0 Å². The first-order chi connectivity index (χ1) is 18.7. The van der Waals surface area contributed by atoms with Crippen molar-refractivity contribution in [2.24, 2.45) is 0 Å². The van der Waals surface area contributed by atoms with Crippen molar-refractivity contribution in [2.75, 3.05) is 10.2 Å². The SMILES string of the molecule is C[C@H](NC(=O)c1ccc(CN(C(=O)Nc2cc(Cl)cc(Cl)c2)c2ccc(C3=CCCCC3)cc2)cc1)C(=O)O. The van der Waals surface area contributed by atoms with Crippen molar-refractivity contribution < 1.29 is 19.5 Å². The molecule has 0 spiro atoms. The molecular formula is C30H29Cl2N3O4. The second-order valence-electron chi connectivity index (χ2n) is 9.43. The van der Waals surface area contributed by atoms with Crippen LogP contribution >= 0.6 is 23.2 Å². The number of urea groups is 1. The fourth-order valence-corrected chi connectivity index (χ4v) is 4.86. The number of benzene rings is 3. The number of hydrogen-bond donors (Lipinski definition) is 3. The van der Waals surface area contributed by atoms with Crippen LogP contribution in [-0.2, 0) is 11.3 Å². The van der Waals surface area contributed by atoms with Crippen molar-refractivity contribution in [3.63, 3.8) is 0 Å². The van der Waals surface area contributed by atoms with E-state index in [1.807, 2.05) is 24.3 Å². The first-order valence-electron chi connectivity index (χ1n) is 12.7. The molecule has 0 aromatic heterocycles. The van der Waals surface area contributed by atoms with Gasteiger partial charge in [0.15, 0.2) is 0 Å². The van der Waals surface area contributed by atoms with Gasteiger partial charge in [0.25, 0.3) is 5.91 Å². The first-order valence-corrected chi connectivity index (χ1v) is 13.4. The topological polar surface area (TPSA) is 98.7 Å². The number of nitrogens with zero attached hydrogens (tertiary/aromatic N) is 1. The summed E-state index contributed by atoms with van der Waals surface area (Å²) in [5.74, 6) is -1.61. The third-order valence-electron chi connectivity index (χ3n) is 6.47. The average molecular weight is 566 g/mol. The molecule has 9 heteroatoms. The molecule has 7 nitrogen and oxygen atoms in total. The Morgan fingerprint density at radius 3 is 2.21 bits per heavy atom. The lowest BCUT2D eigenvalue weighted by molar-refractivity contribution is -0.138. The number of halogens is 2. The number of hydrogen-bond acceptors (Lipinski definition) is 3. The van der Waals surface area contributed by atoms with E-state index in [-0.39, 0.29) is 12.6 Å². The lowest BCUT2D eigenvalue weighted by Crippen LogP contribution is -2.38. The highest BCUT2D eigenvalue weighted by molar-refractivity contribution is 6.35. The van der Waals surface area contributed by atoms with E-state index >= 15 is 0 Å². The highest BCUT2D eigenvalue weighted by atomic mass is 35.5. The second-order valence-corrected chi connectivity index (χ2v) is 10.3. The van der Waals surface area contributed by atoms with Crippen LogP contribution in [0.2, 0.25) is 10.0 Å². The Balaban J connectivity index is 1.57. The number of carbonyl (C=O) groups excluding carboxylic acids is 2. The van der Waals surface area contributed by atoms with Gasteiger partial charge in [-0.05, 0) is 91.8 Å². The Labute approximate surface area is 237 Å². The van der Waals surface area contributed by atoms with Gasteiger partial charge in [0.05, 0.1) is 6.54 Å². The van der Waals surface area contributed by atoms with Gasteiger partial charge in [-0.1, -0.05) is 53.5 Å². The van der Waals surface area contributed by atoms with Crippen molar-refractivity contribution in [2.45, 2.75) is 45.2 Å². The molecule has 3 amide bonds. The molecule has 0 heterocycles. The summed E-state index contributed by atoms with van der Waals surface area (Å²) in [6.07, 6.45) is 6.79. The minimum absolute atomic E-state index is 0.218. The molecule has 3 aromatic carbocycles. The van der Waals surface area contributed by atoms with Crippen LogP contribution in [0, 0.1) is 0 Å². The number of amides is 3. The molecule has 0 radical (unpaired) electrons. The van der Waals surface area contributed by atoms with E-state index < -0.39 is 17.9 Å². The number of allylic oxidation sites excluding steroid dienone is 2. The predicted octanol–water partition coefficient (Wildman–Crippen LogP) is 7.39. The van der Waals surface area contributed by atoms with Gasteiger partial charge in [0, 0.05) is 27.0 Å². The number of carboxylic acids is 1. The van der Waals surface area contributed by atoms with Gasteiger partial charge in [0.2, 0.25) is 0 Å². The molecule has 1 aliphatic carbocycles. The molecule has 1 aliphatic rings. The largest absolute Gasteiger partial charge is 0.480 e. The summed E-state index contributed by atoms with van der Waals surface area (Å²) in [6.45, 7) is 1.61. The normalized spacial score (nSPS) is 13.7. The number of carbonyl (C=O) groups is 3. The van der Waals surface area contributed by atoms with E-state index in [0.29, 0.717) is 27.0 Å². The summed E-state index contributed by atoms with van der Waals surface area (Å²) in [7, 11) is 0. The molecule has 0 saturated carbocycles. The second kappa shape index (κ2) is 12.8. The zero-order valence-corrected chi connectivity index (χ0v) is 22.9. The molecule has 4 rings (SSSR count). The van der Waals surface area contributed by atoms with E-state index in [1.54, 1.807) is 47.4 Å². The monoisotopic (exact) mass is 565 g/mol. The molecule has 3 aromatic rings. The van der Waals surface area contributed by atoms with Crippen LogP contribution < -0.4 is 15.5 Å². The summed E-state index contributed by atoms with van der Waals surface area (Å²) < 4.78 is 0. The summed E-state index contributed by atoms with van der Waals surface area (Å²) >= 11 is 12.2. The molecule has 3 N–H and O–H groups in total. The summed E-state index contributed by atoms with van der Waals surface area (Å²) in [4.78, 5) is 38.5. The molecular weight excluding hydrogens is 537 g/mol. The zero-order chi connectivity index (χ0) is 27.9. The van der Waals surface area contributed by atoms with E-state index in [4.69, 9.17) is 28.3 Å². The lowest BCUT2D eigenvalue weighted by atomic mass is 9.93. The number of rotatable bonds is 8. The van der Waals surface area contributed by atoms with Crippen LogP contribution in [0.25, 0.3) is 5.57 Å². The zero-order valence-electron chi connectivity index (χ0n) is 21.4. The maximum Gasteiger partial charge on any atom is 0.326 e. The molecule has 0 fully saturated rings. The van der Waals surface area contributed by atoms with Crippen LogP contribution in [0.15, 0.2) is 72.8 Å². The fraction of sp³-hybridized carbons (Fsp3) is 0.233. The number of nitrogens with one attached hydrogen (secondary N) is 2. The standard InChI is InChI=1S/C30H29Cl2N3O4/c1-19(29(37)38)33-28(36)23-9-7-20(8-10-23)18-35(30(39)34-26-16-24(31)15-25(32)17-26)27-13-11-22(12-14-27)21-5-3-2-4-6-21/h5,7-17,19H,2-4,6,18H2,1H3,(H,33,36)(H,34,39)(H,37,38)/t19-/m0/s1. The highest BCUT2D eigenvalue weighted by Crippen LogP contribution is 2.29. The summed E-state index contributed by atoms with van der Waals surface area (Å²) in [5.41, 5.74) is 4.72. The first kappa shape index (κ1) is 28.2. The van der Waals surface area contributed by atoms with Gasteiger partial charge in [-0.3, -0.25) is 14.5 Å². The lowest BCUT2D eigenvalue weighted by Gasteiger charge is -2.24. The Morgan fingerprint density at radius 1 is 0.949 bits per heavy atom. The summed E-state index contributed by atoms with van der Waals surface area (Å²) in [6, 6.07) is 18.0. The molecule has 0 unspecified atom stereocenters. The fourth-order valence-electron chi connectivity index (χ4n) is 4.34. The van der Waals surface area contributed by atoms with Crippen LogP contribution in [-0.4, -0.2) is 29.1 Å². The molecule has 1 atom stereocenters. The van der Waals surface area contributed by atoms with Crippen LogP contribution in [0.5, 0.6) is 0 Å². The maximum atomic E-state index is 13.5. The van der Waals surface area contributed by atoms with Gasteiger partial charge in [0.1, 0.15) is 6.04 Å². The van der Waals surface area contributed by atoms with Crippen LogP contribution in [0.1, 0.15) is 54.1 Å². The van der Waals surface area contributed by atoms with E-state index in [2.05, 4.69) is 16.7 Å². The van der Waals surface area contributed by atoms with E-state index in [9.17, 15) is 14.4 Å². The number of aliphatic carboxylic acids is 1. The van der Waals surface area contributed by atoms with Crippen LogP contribution in [0.4, 0.5) is 16.2 Å². The number of carboxylic acid groups (broad SMARTS) is 1. The van der Waals surface area contributed by atoms with Gasteiger partial charge >= 0.3 is 12.0 Å². The van der Waals surface area contributed by atoms with Gasteiger partial charge in [-0.2, -0.15) is 0 Å². The Kier molecular flexibility index (Phi) is 9.28. The highest BCUT2D eigenvalue weighted by Gasteiger charge is 2.19. The molecule has 39 heavy (non-hydrogen) atoms. The van der Waals surface area contributed by atoms with Crippen molar-refractivity contribution in [1.29, 1.82) is 0 Å². The van der Waals surface area contributed by atoms with Crippen LogP contribution in [0.3, 0.4) is 0 Å².